The van der Waals surface area contributed by atoms with Crippen molar-refractivity contribution in [2.75, 3.05) is 0 Å². The third-order valence-electron chi connectivity index (χ3n) is 4.10. The fourth-order valence-electron chi connectivity index (χ4n) is 3.16. The molecule has 1 fully saturated rings. The van der Waals surface area contributed by atoms with Crippen LogP contribution in [0.25, 0.3) is 0 Å². The molecule has 1 aromatic heterocycles. The van der Waals surface area contributed by atoms with Gasteiger partial charge < -0.3 is 4.74 Å². The van der Waals surface area contributed by atoms with Gasteiger partial charge in [-0.2, -0.15) is 5.10 Å². The minimum atomic E-state index is 0.0870. The molecule has 1 saturated heterocycles. The highest BCUT2D eigenvalue weighted by Gasteiger charge is 2.34. The maximum atomic E-state index is 12.3. The summed E-state index contributed by atoms with van der Waals surface area (Å²) in [6.07, 6.45) is 4.65. The number of ether oxygens (including phenoxy) is 1. The Morgan fingerprint density at radius 3 is 2.59 bits per heavy atom. The number of aromatic nitrogens is 1. The average molecular weight is 322 g/mol. The normalized spacial score (nSPS) is 29.4. The second kappa shape index (κ2) is 6.34. The molecule has 1 aromatic rings. The summed E-state index contributed by atoms with van der Waals surface area (Å²) in [6, 6.07) is 3.75. The summed E-state index contributed by atoms with van der Waals surface area (Å²) in [5.41, 5.74) is 1.64. The summed E-state index contributed by atoms with van der Waals surface area (Å²) in [6.45, 7) is 4.09. The quantitative estimate of drug-likeness (QED) is 0.841. The number of amides is 1. The number of pyridine rings is 1. The van der Waals surface area contributed by atoms with Crippen molar-refractivity contribution < 1.29 is 9.53 Å². The standard InChI is InChI=1S/C16H20ClN3O2/c1-10-7-13(8-11(2)22-10)20-16(21)6-5-15(19-20)14-4-3-12(17)9-18-14/h3-4,9-11,13H,5-8H2,1-2H3. The summed E-state index contributed by atoms with van der Waals surface area (Å²) in [4.78, 5) is 16.6. The van der Waals surface area contributed by atoms with Crippen LogP contribution in [0, 0.1) is 0 Å². The van der Waals surface area contributed by atoms with Crippen LogP contribution in [-0.2, 0) is 9.53 Å². The minimum Gasteiger partial charge on any atom is -0.375 e. The molecule has 2 aliphatic heterocycles. The van der Waals surface area contributed by atoms with Crippen LogP contribution in [0.15, 0.2) is 23.4 Å². The van der Waals surface area contributed by atoms with E-state index in [2.05, 4.69) is 10.1 Å². The molecule has 2 unspecified atom stereocenters. The van der Waals surface area contributed by atoms with Gasteiger partial charge in [0.1, 0.15) is 0 Å². The van der Waals surface area contributed by atoms with E-state index in [0.29, 0.717) is 17.9 Å². The molecule has 0 bridgehead atoms. The first-order valence-electron chi connectivity index (χ1n) is 7.70. The van der Waals surface area contributed by atoms with Gasteiger partial charge in [-0.15, -0.1) is 0 Å². The molecule has 5 nitrogen and oxygen atoms in total. The third kappa shape index (κ3) is 3.31. The van der Waals surface area contributed by atoms with E-state index in [0.717, 1.165) is 24.2 Å². The van der Waals surface area contributed by atoms with Gasteiger partial charge in [-0.05, 0) is 38.8 Å². The Kier molecular flexibility index (Phi) is 4.45. The molecule has 0 aromatic carbocycles. The van der Waals surface area contributed by atoms with Gasteiger partial charge in [0.25, 0.3) is 0 Å². The molecule has 0 saturated carbocycles. The zero-order chi connectivity index (χ0) is 15.7. The predicted molar refractivity (Wildman–Crippen MR) is 84.9 cm³/mol. The van der Waals surface area contributed by atoms with Gasteiger partial charge in [-0.3, -0.25) is 9.78 Å². The van der Waals surface area contributed by atoms with Crippen molar-refractivity contribution in [2.45, 2.75) is 57.8 Å². The summed E-state index contributed by atoms with van der Waals surface area (Å²) in [5, 5.41) is 6.85. The fourth-order valence-corrected chi connectivity index (χ4v) is 3.27. The van der Waals surface area contributed by atoms with Gasteiger partial charge in [0.15, 0.2) is 0 Å². The Balaban J connectivity index is 1.84. The molecule has 2 aliphatic rings. The molecule has 6 heteroatoms. The van der Waals surface area contributed by atoms with E-state index >= 15 is 0 Å². The molecule has 2 atom stereocenters. The number of hydrogen-bond acceptors (Lipinski definition) is 4. The maximum absolute atomic E-state index is 12.3. The van der Waals surface area contributed by atoms with Crippen molar-refractivity contribution in [2.24, 2.45) is 5.10 Å². The number of carbonyl (C=O) groups excluding carboxylic acids is 1. The van der Waals surface area contributed by atoms with Crippen molar-refractivity contribution in [3.05, 3.63) is 29.0 Å². The Labute approximate surface area is 135 Å². The molecule has 3 rings (SSSR count). The molecule has 0 N–H and O–H groups in total. The average Bonchev–Trinajstić information content (AvgIpc) is 2.47. The van der Waals surface area contributed by atoms with Gasteiger partial charge >= 0.3 is 0 Å². The third-order valence-corrected chi connectivity index (χ3v) is 4.32. The lowest BCUT2D eigenvalue weighted by Crippen LogP contribution is -2.46. The number of nitrogens with zero attached hydrogens (tertiary/aromatic N) is 3. The smallest absolute Gasteiger partial charge is 0.243 e. The maximum Gasteiger partial charge on any atom is 0.243 e. The van der Waals surface area contributed by atoms with Gasteiger partial charge in [0, 0.05) is 19.0 Å². The summed E-state index contributed by atoms with van der Waals surface area (Å²) < 4.78 is 5.75. The second-order valence-corrected chi connectivity index (χ2v) is 6.47. The number of hydrazone groups is 1. The molecular weight excluding hydrogens is 302 g/mol. The first kappa shape index (κ1) is 15.4. The lowest BCUT2D eigenvalue weighted by molar-refractivity contribution is -0.139. The van der Waals surface area contributed by atoms with E-state index < -0.39 is 0 Å². The number of rotatable bonds is 2. The SMILES string of the molecule is CC1CC(N2N=C(c3ccc(Cl)cn3)CCC2=O)CC(C)O1. The lowest BCUT2D eigenvalue weighted by atomic mass is 9.98. The molecular formula is C16H20ClN3O2. The molecule has 118 valence electrons. The first-order chi connectivity index (χ1) is 10.5. The van der Waals surface area contributed by atoms with E-state index in [1.54, 1.807) is 17.3 Å². The van der Waals surface area contributed by atoms with Gasteiger partial charge in [0.05, 0.1) is 34.7 Å². The first-order valence-corrected chi connectivity index (χ1v) is 8.07. The summed E-state index contributed by atoms with van der Waals surface area (Å²) in [5.74, 6) is 0.0870. The van der Waals surface area contributed by atoms with Crippen molar-refractivity contribution in [3.8, 4) is 0 Å². The molecule has 0 spiro atoms. The highest BCUT2D eigenvalue weighted by Crippen LogP contribution is 2.27. The van der Waals surface area contributed by atoms with Crippen LogP contribution in [0.1, 0.15) is 45.2 Å². The highest BCUT2D eigenvalue weighted by atomic mass is 35.5. The Morgan fingerprint density at radius 2 is 1.95 bits per heavy atom. The topological polar surface area (TPSA) is 54.8 Å². The fraction of sp³-hybridized carbons (Fsp3) is 0.562. The van der Waals surface area contributed by atoms with Gasteiger partial charge in [-0.1, -0.05) is 11.6 Å². The molecule has 3 heterocycles. The van der Waals surface area contributed by atoms with E-state index in [1.165, 1.54) is 0 Å². The van der Waals surface area contributed by atoms with Crippen LogP contribution >= 0.6 is 11.6 Å². The molecule has 0 radical (unpaired) electrons. The number of hydrogen-bond donors (Lipinski definition) is 0. The number of halogens is 1. The van der Waals surface area contributed by atoms with E-state index in [1.807, 2.05) is 19.9 Å². The van der Waals surface area contributed by atoms with Crippen LogP contribution in [0.4, 0.5) is 0 Å². The Bertz CT molecular complexity index is 578. The van der Waals surface area contributed by atoms with Crippen LogP contribution in [-0.4, -0.2) is 39.9 Å². The Hall–Kier alpha value is -1.46. The molecule has 22 heavy (non-hydrogen) atoms. The minimum absolute atomic E-state index is 0.0870. The van der Waals surface area contributed by atoms with Crippen molar-refractivity contribution >= 4 is 23.2 Å². The predicted octanol–water partition coefficient (Wildman–Crippen LogP) is 3.02. The van der Waals surface area contributed by atoms with E-state index in [4.69, 9.17) is 16.3 Å². The van der Waals surface area contributed by atoms with E-state index in [-0.39, 0.29) is 24.2 Å². The second-order valence-electron chi connectivity index (χ2n) is 6.03. The summed E-state index contributed by atoms with van der Waals surface area (Å²) >= 11 is 5.88. The van der Waals surface area contributed by atoms with Crippen LogP contribution < -0.4 is 0 Å². The van der Waals surface area contributed by atoms with Gasteiger partial charge in [-0.25, -0.2) is 5.01 Å². The zero-order valence-corrected chi connectivity index (χ0v) is 13.6. The monoisotopic (exact) mass is 321 g/mol. The number of carbonyl (C=O) groups is 1. The molecule has 0 aliphatic carbocycles. The van der Waals surface area contributed by atoms with Crippen LogP contribution in [0.2, 0.25) is 5.02 Å². The van der Waals surface area contributed by atoms with Gasteiger partial charge in [0.2, 0.25) is 5.91 Å². The van der Waals surface area contributed by atoms with Crippen molar-refractivity contribution in [1.82, 2.24) is 9.99 Å². The van der Waals surface area contributed by atoms with Crippen LogP contribution in [0.5, 0.6) is 0 Å². The molecule has 1 amide bonds. The lowest BCUT2D eigenvalue weighted by Gasteiger charge is -2.38. The van der Waals surface area contributed by atoms with E-state index in [9.17, 15) is 4.79 Å². The van der Waals surface area contributed by atoms with Crippen molar-refractivity contribution in [3.63, 3.8) is 0 Å². The Morgan fingerprint density at radius 1 is 1.23 bits per heavy atom. The van der Waals surface area contributed by atoms with Crippen LogP contribution in [0.3, 0.4) is 0 Å². The zero-order valence-electron chi connectivity index (χ0n) is 12.8. The summed E-state index contributed by atoms with van der Waals surface area (Å²) in [7, 11) is 0. The van der Waals surface area contributed by atoms with Crippen molar-refractivity contribution in [1.29, 1.82) is 0 Å². The highest BCUT2D eigenvalue weighted by molar-refractivity contribution is 6.30. The largest absolute Gasteiger partial charge is 0.375 e.